The van der Waals surface area contributed by atoms with Crippen LogP contribution in [-0.4, -0.2) is 36.4 Å². The summed E-state index contributed by atoms with van der Waals surface area (Å²) in [5, 5.41) is 3.47. The third-order valence-electron chi connectivity index (χ3n) is 3.63. The van der Waals surface area contributed by atoms with Gasteiger partial charge in [0, 0.05) is 37.7 Å². The predicted octanol–water partition coefficient (Wildman–Crippen LogP) is 3.18. The molecule has 0 aromatic carbocycles. The minimum Gasteiger partial charge on any atom is -0.481 e. The van der Waals surface area contributed by atoms with Gasteiger partial charge in [0.2, 0.25) is 5.88 Å². The maximum absolute atomic E-state index is 5.56. The number of nitrogens with zero attached hydrogens (tertiary/aromatic N) is 2. The van der Waals surface area contributed by atoms with Crippen LogP contribution in [0.4, 0.5) is 0 Å². The first-order valence-electron chi connectivity index (χ1n) is 8.30. The van der Waals surface area contributed by atoms with E-state index in [1.165, 1.54) is 12.1 Å². The molecule has 2 aromatic rings. The second kappa shape index (κ2) is 10.0. The molecule has 5 nitrogen and oxygen atoms in total. The van der Waals surface area contributed by atoms with E-state index in [9.17, 15) is 0 Å². The molecular formula is C18H27N3O2. The number of hydrogen-bond acceptors (Lipinski definition) is 4. The van der Waals surface area contributed by atoms with E-state index in [1.807, 2.05) is 24.5 Å². The highest BCUT2D eigenvalue weighted by Crippen LogP contribution is 2.14. The van der Waals surface area contributed by atoms with Crippen LogP contribution in [0.5, 0.6) is 5.88 Å². The Morgan fingerprint density at radius 2 is 2.04 bits per heavy atom. The Balaban J connectivity index is 1.75. The molecule has 0 aliphatic carbocycles. The topological polar surface area (TPSA) is 48.3 Å². The number of rotatable bonds is 11. The predicted molar refractivity (Wildman–Crippen MR) is 92.2 cm³/mol. The number of unbranched alkanes of at least 4 members (excludes halogenated alkanes) is 1. The SMILES string of the molecule is CCCCOCCCNCc1cccn1-c1ccc(OC)nc1. The molecule has 0 radical (unpaired) electrons. The second-order valence-electron chi connectivity index (χ2n) is 5.42. The van der Waals surface area contributed by atoms with E-state index in [0.717, 1.165) is 44.8 Å². The second-order valence-corrected chi connectivity index (χ2v) is 5.42. The van der Waals surface area contributed by atoms with Crippen molar-refractivity contribution in [2.24, 2.45) is 0 Å². The summed E-state index contributed by atoms with van der Waals surface area (Å²) in [6.45, 7) is 5.67. The number of pyridine rings is 1. The van der Waals surface area contributed by atoms with Gasteiger partial charge < -0.3 is 19.4 Å². The van der Waals surface area contributed by atoms with Crippen LogP contribution in [0, 0.1) is 0 Å². The first-order valence-corrected chi connectivity index (χ1v) is 8.30. The zero-order valence-corrected chi connectivity index (χ0v) is 14.1. The number of hydrogen-bond donors (Lipinski definition) is 1. The van der Waals surface area contributed by atoms with Gasteiger partial charge >= 0.3 is 0 Å². The molecule has 0 aliphatic rings. The van der Waals surface area contributed by atoms with Gasteiger partial charge in [0.05, 0.1) is 19.0 Å². The van der Waals surface area contributed by atoms with E-state index in [1.54, 1.807) is 7.11 Å². The largest absolute Gasteiger partial charge is 0.481 e. The van der Waals surface area contributed by atoms with Gasteiger partial charge in [0.15, 0.2) is 0 Å². The van der Waals surface area contributed by atoms with E-state index < -0.39 is 0 Å². The molecule has 0 aliphatic heterocycles. The van der Waals surface area contributed by atoms with Crippen molar-refractivity contribution in [2.45, 2.75) is 32.7 Å². The lowest BCUT2D eigenvalue weighted by Crippen LogP contribution is -2.18. The standard InChI is InChI=1S/C18H27N3O2/c1-3-4-12-23-13-6-10-19-14-16-7-5-11-21(16)17-8-9-18(22-2)20-15-17/h5,7-9,11,15,19H,3-4,6,10,12-14H2,1-2H3. The van der Waals surface area contributed by atoms with Crippen LogP contribution in [0.1, 0.15) is 31.9 Å². The molecule has 1 N–H and O–H groups in total. The molecule has 2 rings (SSSR count). The normalized spacial score (nSPS) is 10.9. The van der Waals surface area contributed by atoms with E-state index in [4.69, 9.17) is 9.47 Å². The molecule has 0 atom stereocenters. The summed E-state index contributed by atoms with van der Waals surface area (Å²) in [4.78, 5) is 4.26. The number of aromatic nitrogens is 2. The van der Waals surface area contributed by atoms with Crippen molar-refractivity contribution in [2.75, 3.05) is 26.9 Å². The monoisotopic (exact) mass is 317 g/mol. The van der Waals surface area contributed by atoms with E-state index in [2.05, 4.69) is 33.9 Å². The molecule has 0 fully saturated rings. The van der Waals surface area contributed by atoms with Crippen molar-refractivity contribution >= 4 is 0 Å². The molecule has 0 saturated carbocycles. The highest BCUT2D eigenvalue weighted by Gasteiger charge is 2.04. The first kappa shape index (κ1) is 17.5. The summed E-state index contributed by atoms with van der Waals surface area (Å²) < 4.78 is 12.8. The van der Waals surface area contributed by atoms with Gasteiger partial charge in [0.25, 0.3) is 0 Å². The van der Waals surface area contributed by atoms with Crippen LogP contribution in [0.15, 0.2) is 36.7 Å². The van der Waals surface area contributed by atoms with Crippen LogP contribution in [0.3, 0.4) is 0 Å². The molecule has 0 saturated heterocycles. The van der Waals surface area contributed by atoms with Crippen molar-refractivity contribution in [3.8, 4) is 11.6 Å². The van der Waals surface area contributed by atoms with Gasteiger partial charge in [-0.1, -0.05) is 13.3 Å². The lowest BCUT2D eigenvalue weighted by molar-refractivity contribution is 0.128. The lowest BCUT2D eigenvalue weighted by Gasteiger charge is -2.10. The third-order valence-corrected chi connectivity index (χ3v) is 3.63. The van der Waals surface area contributed by atoms with Crippen LogP contribution in [-0.2, 0) is 11.3 Å². The number of nitrogens with one attached hydrogen (secondary N) is 1. The average Bonchev–Trinajstić information content (AvgIpc) is 3.06. The number of ether oxygens (including phenoxy) is 2. The summed E-state index contributed by atoms with van der Waals surface area (Å²) in [6, 6.07) is 8.06. The van der Waals surface area contributed by atoms with Crippen LogP contribution in [0.2, 0.25) is 0 Å². The average molecular weight is 317 g/mol. The van der Waals surface area contributed by atoms with Gasteiger partial charge in [-0.05, 0) is 37.6 Å². The molecule has 5 heteroatoms. The Morgan fingerprint density at radius 1 is 1.17 bits per heavy atom. The Bertz CT molecular complexity index is 552. The Morgan fingerprint density at radius 3 is 2.78 bits per heavy atom. The van der Waals surface area contributed by atoms with Crippen molar-refractivity contribution < 1.29 is 9.47 Å². The Hall–Kier alpha value is -1.85. The minimum atomic E-state index is 0.628. The summed E-state index contributed by atoms with van der Waals surface area (Å²) in [6.07, 6.45) is 7.25. The van der Waals surface area contributed by atoms with Crippen molar-refractivity contribution in [1.82, 2.24) is 14.9 Å². The molecule has 0 spiro atoms. The molecule has 2 aromatic heterocycles. The Labute approximate surface area is 138 Å². The van der Waals surface area contributed by atoms with Gasteiger partial charge in [-0.3, -0.25) is 0 Å². The maximum Gasteiger partial charge on any atom is 0.213 e. The van der Waals surface area contributed by atoms with Crippen molar-refractivity contribution in [3.63, 3.8) is 0 Å². The van der Waals surface area contributed by atoms with Gasteiger partial charge in [0.1, 0.15) is 0 Å². The van der Waals surface area contributed by atoms with E-state index in [-0.39, 0.29) is 0 Å². The lowest BCUT2D eigenvalue weighted by atomic mass is 10.3. The zero-order valence-electron chi connectivity index (χ0n) is 14.1. The quantitative estimate of drug-likeness (QED) is 0.647. The fourth-order valence-corrected chi connectivity index (χ4v) is 2.31. The minimum absolute atomic E-state index is 0.628. The van der Waals surface area contributed by atoms with Crippen molar-refractivity contribution in [3.05, 3.63) is 42.4 Å². The Kier molecular flexibility index (Phi) is 7.63. The highest BCUT2D eigenvalue weighted by molar-refractivity contribution is 5.34. The van der Waals surface area contributed by atoms with Gasteiger partial charge in [-0.2, -0.15) is 0 Å². The van der Waals surface area contributed by atoms with Crippen molar-refractivity contribution in [1.29, 1.82) is 0 Å². The molecular weight excluding hydrogens is 290 g/mol. The van der Waals surface area contributed by atoms with Gasteiger partial charge in [-0.15, -0.1) is 0 Å². The number of methoxy groups -OCH3 is 1. The fraction of sp³-hybridized carbons (Fsp3) is 0.500. The van der Waals surface area contributed by atoms with E-state index in [0.29, 0.717) is 5.88 Å². The molecule has 0 bridgehead atoms. The molecule has 126 valence electrons. The first-order chi connectivity index (χ1) is 11.3. The van der Waals surface area contributed by atoms with Crippen LogP contribution >= 0.6 is 0 Å². The summed E-state index contributed by atoms with van der Waals surface area (Å²) >= 11 is 0. The molecule has 0 unspecified atom stereocenters. The smallest absolute Gasteiger partial charge is 0.213 e. The zero-order chi connectivity index (χ0) is 16.3. The third kappa shape index (κ3) is 5.69. The maximum atomic E-state index is 5.56. The van der Waals surface area contributed by atoms with Gasteiger partial charge in [-0.25, -0.2) is 4.98 Å². The summed E-state index contributed by atoms with van der Waals surface area (Å²) in [7, 11) is 1.62. The summed E-state index contributed by atoms with van der Waals surface area (Å²) in [5.74, 6) is 0.628. The van der Waals surface area contributed by atoms with E-state index >= 15 is 0 Å². The molecule has 23 heavy (non-hydrogen) atoms. The summed E-state index contributed by atoms with van der Waals surface area (Å²) in [5.41, 5.74) is 2.25. The highest BCUT2D eigenvalue weighted by atomic mass is 16.5. The molecule has 0 amide bonds. The fourth-order valence-electron chi connectivity index (χ4n) is 2.31. The molecule has 2 heterocycles. The van der Waals surface area contributed by atoms with Crippen LogP contribution < -0.4 is 10.1 Å². The van der Waals surface area contributed by atoms with Crippen LogP contribution in [0.25, 0.3) is 5.69 Å².